The first-order valence-corrected chi connectivity index (χ1v) is 20.0. The summed E-state index contributed by atoms with van der Waals surface area (Å²) in [5.41, 5.74) is 2.75. The first-order valence-electron chi connectivity index (χ1n) is 11.6. The van der Waals surface area contributed by atoms with Crippen LogP contribution in [-0.4, -0.2) is 57.3 Å². The van der Waals surface area contributed by atoms with Crippen LogP contribution in [0.4, 0.5) is 5.69 Å². The van der Waals surface area contributed by atoms with Crippen molar-refractivity contribution in [3.05, 3.63) is 46.5 Å². The molecule has 0 aliphatic carbocycles. The van der Waals surface area contributed by atoms with Gasteiger partial charge in [-0.2, -0.15) is 0 Å². The molecule has 0 saturated heterocycles. The van der Waals surface area contributed by atoms with Crippen molar-refractivity contribution in [1.82, 2.24) is 0 Å². The van der Waals surface area contributed by atoms with Crippen LogP contribution in [0.2, 0.25) is 39.3 Å². The molecule has 0 saturated carbocycles. The van der Waals surface area contributed by atoms with Gasteiger partial charge in [0.15, 0.2) is 0 Å². The number of sulfonamides is 1. The quantitative estimate of drug-likeness (QED) is 0.418. The van der Waals surface area contributed by atoms with E-state index < -0.39 is 38.1 Å². The Kier molecular flexibility index (Phi) is 7.15. The van der Waals surface area contributed by atoms with Crippen molar-refractivity contribution in [3.8, 4) is 0 Å². The van der Waals surface area contributed by atoms with Crippen molar-refractivity contribution >= 4 is 54.2 Å². The van der Waals surface area contributed by atoms with Gasteiger partial charge in [0.2, 0.25) is 0 Å². The highest BCUT2D eigenvalue weighted by atomic mass is 32.2. The fourth-order valence-electron chi connectivity index (χ4n) is 4.88. The Morgan fingerprint density at radius 1 is 0.829 bits per heavy atom. The number of fused-ring (bicyclic) bond motifs is 1. The SMILES string of the molecule is COC(=O)c1c(C(=O)OC)c([Si](C)(C)C)c2c(c1[Si](C)(C)C)CCN2S(=O)(=O)c1ccc(C)cc1. The number of nitrogens with zero attached hydrogens (tertiary/aromatic N) is 1. The number of anilines is 1. The second-order valence-corrected chi connectivity index (χ2v) is 22.8. The van der Waals surface area contributed by atoms with Crippen LogP contribution in [-0.2, 0) is 25.9 Å². The van der Waals surface area contributed by atoms with Crippen molar-refractivity contribution in [1.29, 1.82) is 0 Å². The summed E-state index contributed by atoms with van der Waals surface area (Å²) < 4.78 is 39.6. The fourth-order valence-corrected chi connectivity index (χ4v) is 10.6. The fraction of sp³-hybridized carbons (Fsp3) is 0.440. The molecule has 10 heteroatoms. The Labute approximate surface area is 210 Å². The number of carbonyl (C=O) groups excluding carboxylic acids is 2. The third-order valence-electron chi connectivity index (χ3n) is 6.28. The average molecular weight is 534 g/mol. The molecular formula is C25H35NO6SSi2. The van der Waals surface area contributed by atoms with Crippen LogP contribution in [0.1, 0.15) is 31.8 Å². The van der Waals surface area contributed by atoms with Crippen molar-refractivity contribution in [2.75, 3.05) is 25.1 Å². The summed E-state index contributed by atoms with van der Waals surface area (Å²) in [6.45, 7) is 14.5. The Balaban J connectivity index is 2.55. The predicted octanol–water partition coefficient (Wildman–Crippen LogP) is 3.41. The summed E-state index contributed by atoms with van der Waals surface area (Å²) >= 11 is 0. The number of ether oxygens (including phenoxy) is 2. The molecule has 2 aromatic rings. The van der Waals surface area contributed by atoms with Crippen LogP contribution < -0.4 is 14.7 Å². The van der Waals surface area contributed by atoms with Crippen LogP contribution in [0.3, 0.4) is 0 Å². The van der Waals surface area contributed by atoms with E-state index in [4.69, 9.17) is 9.47 Å². The number of hydrogen-bond donors (Lipinski definition) is 0. The lowest BCUT2D eigenvalue weighted by molar-refractivity contribution is 0.0557. The minimum atomic E-state index is -3.90. The van der Waals surface area contributed by atoms with Gasteiger partial charge in [0, 0.05) is 6.54 Å². The lowest BCUT2D eigenvalue weighted by atomic mass is 10.0. The summed E-state index contributed by atoms with van der Waals surface area (Å²) in [5.74, 6) is -1.24. The molecule has 7 nitrogen and oxygen atoms in total. The first-order chi connectivity index (χ1) is 16.1. The maximum atomic E-state index is 13.9. The maximum Gasteiger partial charge on any atom is 0.338 e. The zero-order valence-corrected chi connectivity index (χ0v) is 24.8. The summed E-state index contributed by atoms with van der Waals surface area (Å²) in [5, 5.41) is 1.39. The molecule has 0 radical (unpaired) electrons. The third kappa shape index (κ3) is 4.71. The normalized spacial score (nSPS) is 14.0. The molecule has 0 unspecified atom stereocenters. The highest BCUT2D eigenvalue weighted by Crippen LogP contribution is 2.37. The summed E-state index contributed by atoms with van der Waals surface area (Å²) in [6, 6.07) is 6.77. The van der Waals surface area contributed by atoms with Gasteiger partial charge >= 0.3 is 11.9 Å². The number of esters is 2. The molecule has 0 aromatic heterocycles. The number of hydrogen-bond acceptors (Lipinski definition) is 6. The lowest BCUT2D eigenvalue weighted by Crippen LogP contribution is -2.52. The van der Waals surface area contributed by atoms with E-state index in [1.807, 2.05) is 26.6 Å². The van der Waals surface area contributed by atoms with Crippen molar-refractivity contribution < 1.29 is 27.5 Å². The third-order valence-corrected chi connectivity index (χ3v) is 12.1. The van der Waals surface area contributed by atoms with E-state index in [1.165, 1.54) is 18.5 Å². The zero-order valence-electron chi connectivity index (χ0n) is 22.0. The standard InChI is InChI=1S/C25H35NO6SSi2/c1-16-10-12-17(13-11-16)33(29,30)26-15-14-18-21(26)23(35(7,8)9)20(25(28)32-3)19(24(27)31-2)22(18)34(4,5)6/h10-13H,14-15H2,1-9H3. The molecule has 35 heavy (non-hydrogen) atoms. The molecule has 0 amide bonds. The second kappa shape index (κ2) is 9.22. The molecule has 1 aliphatic rings. The largest absolute Gasteiger partial charge is 0.465 e. The summed E-state index contributed by atoms with van der Waals surface area (Å²) in [7, 11) is -6.01. The maximum absolute atomic E-state index is 13.9. The Morgan fingerprint density at radius 2 is 1.29 bits per heavy atom. The second-order valence-electron chi connectivity index (χ2n) is 11.0. The number of rotatable bonds is 6. The van der Waals surface area contributed by atoms with Gasteiger partial charge in [0.1, 0.15) is 0 Å². The number of carbonyl (C=O) groups is 2. The summed E-state index contributed by atoms with van der Waals surface area (Å²) in [6.07, 6.45) is 0.461. The molecule has 0 bridgehead atoms. The molecule has 3 rings (SSSR count). The molecule has 0 atom stereocenters. The van der Waals surface area contributed by atoms with Gasteiger partial charge < -0.3 is 9.47 Å². The van der Waals surface area contributed by atoms with Crippen molar-refractivity contribution in [2.24, 2.45) is 0 Å². The Bertz CT molecular complexity index is 1290. The van der Waals surface area contributed by atoms with Gasteiger partial charge in [-0.1, -0.05) is 57.0 Å². The zero-order chi connectivity index (χ0) is 26.5. The number of aryl methyl sites for hydroxylation is 1. The van der Waals surface area contributed by atoms with Gasteiger partial charge in [0.05, 0.1) is 52.1 Å². The topological polar surface area (TPSA) is 90.0 Å². The molecule has 190 valence electrons. The van der Waals surface area contributed by atoms with E-state index in [2.05, 4.69) is 19.6 Å². The highest BCUT2D eigenvalue weighted by molar-refractivity contribution is 7.92. The van der Waals surface area contributed by atoms with Gasteiger partial charge in [-0.25, -0.2) is 18.0 Å². The van der Waals surface area contributed by atoms with Gasteiger partial charge in [0.25, 0.3) is 10.0 Å². The van der Waals surface area contributed by atoms with Crippen LogP contribution in [0.5, 0.6) is 0 Å². The minimum absolute atomic E-state index is 0.153. The molecule has 1 aliphatic heterocycles. The molecule has 1 heterocycles. The van der Waals surface area contributed by atoms with Crippen LogP contribution in [0.25, 0.3) is 0 Å². The van der Waals surface area contributed by atoms with E-state index in [9.17, 15) is 18.0 Å². The Hall–Kier alpha value is -2.44. The molecule has 2 aromatic carbocycles. The van der Waals surface area contributed by atoms with Crippen LogP contribution >= 0.6 is 0 Å². The smallest absolute Gasteiger partial charge is 0.338 e. The predicted molar refractivity (Wildman–Crippen MR) is 144 cm³/mol. The van der Waals surface area contributed by atoms with E-state index in [1.54, 1.807) is 24.3 Å². The summed E-state index contributed by atoms with van der Waals surface area (Å²) in [4.78, 5) is 26.7. The van der Waals surface area contributed by atoms with Crippen LogP contribution in [0, 0.1) is 6.92 Å². The Morgan fingerprint density at radius 3 is 1.71 bits per heavy atom. The molecule has 0 fully saturated rings. The number of benzene rings is 2. The van der Waals surface area contributed by atoms with Crippen molar-refractivity contribution in [2.45, 2.75) is 57.5 Å². The first kappa shape index (κ1) is 27.2. The van der Waals surface area contributed by atoms with Gasteiger partial charge in [-0.3, -0.25) is 4.31 Å². The van der Waals surface area contributed by atoms with Gasteiger partial charge in [-0.15, -0.1) is 0 Å². The van der Waals surface area contributed by atoms with E-state index >= 15 is 0 Å². The molecule has 0 N–H and O–H groups in total. The van der Waals surface area contributed by atoms with Crippen LogP contribution in [0.15, 0.2) is 29.2 Å². The highest BCUT2D eigenvalue weighted by Gasteiger charge is 2.45. The lowest BCUT2D eigenvalue weighted by Gasteiger charge is -2.33. The number of methoxy groups -OCH3 is 2. The average Bonchev–Trinajstić information content (AvgIpc) is 3.20. The van der Waals surface area contributed by atoms with E-state index in [0.717, 1.165) is 16.3 Å². The van der Waals surface area contributed by atoms with E-state index in [0.29, 0.717) is 17.3 Å². The monoisotopic (exact) mass is 533 g/mol. The van der Waals surface area contributed by atoms with Crippen molar-refractivity contribution in [3.63, 3.8) is 0 Å². The molecular weight excluding hydrogens is 499 g/mol. The molecule has 0 spiro atoms. The van der Waals surface area contributed by atoms with Gasteiger partial charge in [-0.05, 0) is 41.4 Å². The van der Waals surface area contributed by atoms with E-state index in [-0.39, 0.29) is 22.6 Å². The minimum Gasteiger partial charge on any atom is -0.465 e.